The average molecular weight is 732 g/mol. The Morgan fingerprint density at radius 2 is 1.80 bits per heavy atom. The Labute approximate surface area is 294 Å². The minimum atomic E-state index is -4.38. The first-order valence-corrected chi connectivity index (χ1v) is 18.6. The van der Waals surface area contributed by atoms with Crippen LogP contribution in [-0.2, 0) is 32.5 Å². The Morgan fingerprint density at radius 1 is 1.06 bits per heavy atom. The molecule has 15 heteroatoms. The number of amides is 2. The Balaban J connectivity index is 1.67. The highest BCUT2D eigenvalue weighted by Gasteiger charge is 2.26. The lowest BCUT2D eigenvalue weighted by Crippen LogP contribution is -2.36. The van der Waals surface area contributed by atoms with Crippen molar-refractivity contribution >= 4 is 51.1 Å². The first kappa shape index (κ1) is 37.7. The summed E-state index contributed by atoms with van der Waals surface area (Å²) in [6.45, 7) is 8.61. The van der Waals surface area contributed by atoms with Gasteiger partial charge in [0.2, 0.25) is 5.91 Å². The number of thioether (sulfide) groups is 1. The predicted molar refractivity (Wildman–Crippen MR) is 191 cm³/mol. The van der Waals surface area contributed by atoms with Crippen LogP contribution >= 0.6 is 23.4 Å². The minimum Gasteiger partial charge on any atom is -0.443 e. The molecule has 0 fully saturated rings. The van der Waals surface area contributed by atoms with Gasteiger partial charge in [-0.25, -0.2) is 27.1 Å². The van der Waals surface area contributed by atoms with Gasteiger partial charge < -0.3 is 10.1 Å². The summed E-state index contributed by atoms with van der Waals surface area (Å²) in [4.78, 5) is 38.1. The third-order valence-electron chi connectivity index (χ3n) is 7.07. The number of halogens is 2. The molecule has 0 aliphatic heterocycles. The number of sulfonamides is 1. The minimum absolute atomic E-state index is 0.160. The molecule has 0 saturated carbocycles. The molecule has 4 rings (SSSR count). The van der Waals surface area contributed by atoms with Gasteiger partial charge in [0.15, 0.2) is 0 Å². The van der Waals surface area contributed by atoms with Crippen LogP contribution in [0.15, 0.2) is 70.4 Å². The molecule has 3 aromatic carbocycles. The van der Waals surface area contributed by atoms with E-state index < -0.39 is 33.2 Å². The van der Waals surface area contributed by atoms with Gasteiger partial charge in [-0.3, -0.25) is 9.36 Å². The molecule has 0 spiro atoms. The van der Waals surface area contributed by atoms with Crippen LogP contribution < -0.4 is 15.7 Å². The van der Waals surface area contributed by atoms with Crippen LogP contribution in [0.3, 0.4) is 0 Å². The Bertz CT molecular complexity index is 2010. The molecule has 0 atom stereocenters. The second-order valence-electron chi connectivity index (χ2n) is 12.1. The van der Waals surface area contributed by atoms with E-state index in [2.05, 4.69) is 10.4 Å². The van der Waals surface area contributed by atoms with Crippen LogP contribution in [-0.4, -0.2) is 51.9 Å². The SMILES string of the molecule is CCCCc1nn(-c2cc(NC(=O)CSCC)ccc2Cl)c(=O)n1Cc1ccc(-c2ccccc2S(=O)(=O)NC(=O)OC(C)(C)C)cc1F. The molecule has 0 aliphatic carbocycles. The molecule has 2 amide bonds. The number of aromatic nitrogens is 3. The molecule has 262 valence electrons. The van der Waals surface area contributed by atoms with Gasteiger partial charge in [0.1, 0.15) is 17.2 Å². The van der Waals surface area contributed by atoms with E-state index in [4.69, 9.17) is 16.3 Å². The first-order chi connectivity index (χ1) is 23.1. The van der Waals surface area contributed by atoms with Crippen LogP contribution in [0.2, 0.25) is 5.02 Å². The van der Waals surface area contributed by atoms with Crippen LogP contribution in [0, 0.1) is 5.82 Å². The van der Waals surface area contributed by atoms with E-state index in [9.17, 15) is 22.8 Å². The third kappa shape index (κ3) is 9.73. The van der Waals surface area contributed by atoms with Crippen molar-refractivity contribution < 1.29 is 27.1 Å². The molecule has 0 saturated heterocycles. The average Bonchev–Trinajstić information content (AvgIpc) is 3.33. The molecular formula is C34H39ClFN5O6S2. The molecule has 11 nitrogen and oxygen atoms in total. The van der Waals surface area contributed by atoms with Crippen molar-refractivity contribution in [3.8, 4) is 16.8 Å². The fourth-order valence-corrected chi connectivity index (χ4v) is 6.60. The molecule has 0 unspecified atom stereocenters. The summed E-state index contributed by atoms with van der Waals surface area (Å²) in [6.07, 6.45) is 0.848. The van der Waals surface area contributed by atoms with E-state index >= 15 is 4.39 Å². The second-order valence-corrected chi connectivity index (χ2v) is 15.4. The summed E-state index contributed by atoms with van der Waals surface area (Å²) in [5.41, 5.74) is -0.201. The van der Waals surface area contributed by atoms with Gasteiger partial charge in [-0.05, 0) is 68.8 Å². The van der Waals surface area contributed by atoms with E-state index in [0.717, 1.165) is 23.3 Å². The zero-order chi connectivity index (χ0) is 35.9. The molecule has 4 aromatic rings. The number of rotatable bonds is 13. The van der Waals surface area contributed by atoms with Gasteiger partial charge >= 0.3 is 11.8 Å². The lowest BCUT2D eigenvalue weighted by molar-refractivity contribution is -0.113. The van der Waals surface area contributed by atoms with Crippen molar-refractivity contribution in [2.75, 3.05) is 16.8 Å². The lowest BCUT2D eigenvalue weighted by Gasteiger charge is -2.20. The number of anilines is 1. The highest BCUT2D eigenvalue weighted by molar-refractivity contribution is 7.99. The summed E-state index contributed by atoms with van der Waals surface area (Å²) >= 11 is 7.97. The lowest BCUT2D eigenvalue weighted by atomic mass is 10.0. The standard InChI is InChI=1S/C34H39ClFN5O6S2/c1-6-8-13-30-38-41(28-19-24(16-17-26(28)35)37-31(42)21-48-7-2)33(44)40(30)20-23-15-14-22(18-27(23)36)25-11-9-10-12-29(25)49(45,46)39-32(43)47-34(3,4)5/h9-12,14-19H,6-8,13,20-21H2,1-5H3,(H,37,42)(H,39,43). The quantitative estimate of drug-likeness (QED) is 0.153. The highest BCUT2D eigenvalue weighted by Crippen LogP contribution is 2.29. The topological polar surface area (TPSA) is 141 Å². The van der Waals surface area contributed by atoms with E-state index in [1.165, 1.54) is 46.7 Å². The van der Waals surface area contributed by atoms with Crippen molar-refractivity contribution in [2.45, 2.75) is 70.9 Å². The van der Waals surface area contributed by atoms with Gasteiger partial charge in [-0.2, -0.15) is 16.4 Å². The first-order valence-electron chi connectivity index (χ1n) is 15.6. The number of benzene rings is 3. The zero-order valence-electron chi connectivity index (χ0n) is 27.9. The van der Waals surface area contributed by atoms with Crippen LogP contribution in [0.5, 0.6) is 0 Å². The molecule has 0 radical (unpaired) electrons. The van der Waals surface area contributed by atoms with Crippen molar-refractivity contribution in [3.05, 3.63) is 93.4 Å². The van der Waals surface area contributed by atoms with E-state index in [0.29, 0.717) is 17.9 Å². The largest absolute Gasteiger partial charge is 0.443 e. The van der Waals surface area contributed by atoms with Gasteiger partial charge in [-0.1, -0.05) is 62.2 Å². The molecule has 0 aliphatic rings. The van der Waals surface area contributed by atoms with E-state index in [-0.39, 0.29) is 50.5 Å². The van der Waals surface area contributed by atoms with Crippen molar-refractivity contribution in [1.29, 1.82) is 0 Å². The van der Waals surface area contributed by atoms with Gasteiger partial charge in [0.05, 0.1) is 27.9 Å². The van der Waals surface area contributed by atoms with Gasteiger partial charge in [0, 0.05) is 23.2 Å². The monoisotopic (exact) mass is 731 g/mol. The predicted octanol–water partition coefficient (Wildman–Crippen LogP) is 6.79. The van der Waals surface area contributed by atoms with Gasteiger partial charge in [-0.15, -0.1) is 5.10 Å². The number of aryl methyl sites for hydroxylation is 1. The van der Waals surface area contributed by atoms with E-state index in [1.807, 2.05) is 18.6 Å². The van der Waals surface area contributed by atoms with Gasteiger partial charge in [0.25, 0.3) is 10.0 Å². The Kier molecular flexibility index (Phi) is 12.3. The number of nitrogens with zero attached hydrogens (tertiary/aromatic N) is 3. The van der Waals surface area contributed by atoms with Crippen LogP contribution in [0.1, 0.15) is 58.8 Å². The van der Waals surface area contributed by atoms with Crippen LogP contribution in [0.4, 0.5) is 14.9 Å². The number of ether oxygens (including phenoxy) is 1. The molecule has 49 heavy (non-hydrogen) atoms. The number of carbonyl (C=O) groups excluding carboxylic acids is 2. The summed E-state index contributed by atoms with van der Waals surface area (Å²) in [7, 11) is -4.38. The molecule has 1 heterocycles. The second kappa shape index (κ2) is 16.0. The summed E-state index contributed by atoms with van der Waals surface area (Å²) in [6, 6.07) is 14.8. The van der Waals surface area contributed by atoms with E-state index in [1.54, 1.807) is 51.1 Å². The molecule has 0 bridgehead atoms. The van der Waals surface area contributed by atoms with Crippen LogP contribution in [0.25, 0.3) is 16.8 Å². The fourth-order valence-electron chi connectivity index (χ4n) is 4.83. The summed E-state index contributed by atoms with van der Waals surface area (Å²) in [5, 5.41) is 7.60. The molecular weight excluding hydrogens is 693 g/mol. The number of unbranched alkanes of at least 4 members (excludes halogenated alkanes) is 1. The van der Waals surface area contributed by atoms with Crippen molar-refractivity contribution in [1.82, 2.24) is 19.1 Å². The molecule has 1 aromatic heterocycles. The Morgan fingerprint density at radius 3 is 2.47 bits per heavy atom. The summed E-state index contributed by atoms with van der Waals surface area (Å²) < 4.78 is 51.6. The number of hydrogen-bond acceptors (Lipinski definition) is 8. The van der Waals surface area contributed by atoms with Crippen molar-refractivity contribution in [3.63, 3.8) is 0 Å². The summed E-state index contributed by atoms with van der Waals surface area (Å²) in [5.74, 6) is 0.612. The maximum atomic E-state index is 15.8. The maximum Gasteiger partial charge on any atom is 0.421 e. The Hall–Kier alpha value is -4.14. The number of hydrogen-bond donors (Lipinski definition) is 2. The van der Waals surface area contributed by atoms with Crippen molar-refractivity contribution in [2.24, 2.45) is 0 Å². The highest BCUT2D eigenvalue weighted by atomic mass is 35.5. The number of carbonyl (C=O) groups is 2. The fraction of sp³-hybridized carbons (Fsp3) is 0.353. The normalized spacial score (nSPS) is 11.7. The smallest absolute Gasteiger partial charge is 0.421 e. The molecule has 2 N–H and O–H groups in total. The number of nitrogens with one attached hydrogen (secondary N) is 2. The third-order valence-corrected chi connectivity index (χ3v) is 9.64. The zero-order valence-corrected chi connectivity index (χ0v) is 30.3. The maximum absolute atomic E-state index is 15.8.